The minimum absolute atomic E-state index is 0.0523. The number of ether oxygens (including phenoxy) is 2. The van der Waals surface area contributed by atoms with E-state index in [-0.39, 0.29) is 12.7 Å². The number of carboxylic acids is 1. The van der Waals surface area contributed by atoms with Gasteiger partial charge in [0.25, 0.3) is 0 Å². The first-order chi connectivity index (χ1) is 8.99. The van der Waals surface area contributed by atoms with E-state index in [1.165, 1.54) is 0 Å². The van der Waals surface area contributed by atoms with Gasteiger partial charge in [0, 0.05) is 6.54 Å². The largest absolute Gasteiger partial charge is 0.480 e. The Balaban J connectivity index is 2.09. The molecular formula is C14H19NO4. The Morgan fingerprint density at radius 1 is 1.37 bits per heavy atom. The molecule has 0 bridgehead atoms. The van der Waals surface area contributed by atoms with Crippen molar-refractivity contribution in [2.45, 2.75) is 26.4 Å². The Kier molecular flexibility index (Phi) is 3.95. The Hall–Kier alpha value is -1.75. The summed E-state index contributed by atoms with van der Waals surface area (Å²) < 4.78 is 10.6. The van der Waals surface area contributed by atoms with E-state index in [0.717, 1.165) is 17.1 Å². The lowest BCUT2D eigenvalue weighted by Crippen LogP contribution is -2.41. The summed E-state index contributed by atoms with van der Waals surface area (Å²) in [5.74, 6) is 0.724. The Morgan fingerprint density at radius 2 is 2.05 bits per heavy atom. The second-order valence-electron chi connectivity index (χ2n) is 5.13. The molecule has 1 aromatic rings. The van der Waals surface area contributed by atoms with Gasteiger partial charge in [-0.05, 0) is 30.7 Å². The van der Waals surface area contributed by atoms with Gasteiger partial charge in [-0.3, -0.25) is 9.69 Å². The maximum atomic E-state index is 11.3. The molecule has 1 aromatic carbocycles. The van der Waals surface area contributed by atoms with Crippen molar-refractivity contribution in [3.8, 4) is 11.5 Å². The molecule has 1 aliphatic heterocycles. The average Bonchev–Trinajstić information content (AvgIpc) is 2.74. The van der Waals surface area contributed by atoms with Crippen LogP contribution in [0.4, 0.5) is 0 Å². The van der Waals surface area contributed by atoms with E-state index in [1.54, 1.807) is 0 Å². The summed E-state index contributed by atoms with van der Waals surface area (Å²) in [4.78, 5) is 13.1. The lowest BCUT2D eigenvalue weighted by Gasteiger charge is -2.27. The van der Waals surface area contributed by atoms with Crippen LogP contribution >= 0.6 is 0 Å². The molecule has 104 valence electrons. The van der Waals surface area contributed by atoms with E-state index in [9.17, 15) is 9.90 Å². The van der Waals surface area contributed by atoms with E-state index in [2.05, 4.69) is 0 Å². The van der Waals surface area contributed by atoms with Crippen LogP contribution in [0.2, 0.25) is 0 Å². The van der Waals surface area contributed by atoms with Gasteiger partial charge in [-0.15, -0.1) is 0 Å². The lowest BCUT2D eigenvalue weighted by molar-refractivity contribution is -0.144. The molecule has 0 fully saturated rings. The number of hydrogen-bond acceptors (Lipinski definition) is 4. The van der Waals surface area contributed by atoms with Crippen molar-refractivity contribution >= 4 is 5.97 Å². The number of carboxylic acid groups (broad SMARTS) is 1. The summed E-state index contributed by atoms with van der Waals surface area (Å²) in [6.07, 6.45) is 0. The van der Waals surface area contributed by atoms with Gasteiger partial charge >= 0.3 is 5.97 Å². The van der Waals surface area contributed by atoms with Crippen molar-refractivity contribution < 1.29 is 19.4 Å². The second kappa shape index (κ2) is 5.48. The number of hydrogen-bond donors (Lipinski definition) is 1. The number of benzene rings is 1. The fraction of sp³-hybridized carbons (Fsp3) is 0.500. The molecule has 1 aliphatic rings. The normalized spacial score (nSPS) is 15.0. The molecule has 2 rings (SSSR count). The number of nitrogens with zero attached hydrogens (tertiary/aromatic N) is 1. The minimum Gasteiger partial charge on any atom is -0.480 e. The van der Waals surface area contributed by atoms with Crippen LogP contribution in [0.5, 0.6) is 11.5 Å². The number of likely N-dealkylation sites (N-methyl/N-ethyl adjacent to an activating group) is 1. The highest BCUT2D eigenvalue weighted by Crippen LogP contribution is 2.32. The van der Waals surface area contributed by atoms with Crippen LogP contribution in [0, 0.1) is 5.92 Å². The maximum absolute atomic E-state index is 11.3. The summed E-state index contributed by atoms with van der Waals surface area (Å²) in [5, 5.41) is 9.26. The molecule has 0 radical (unpaired) electrons. The van der Waals surface area contributed by atoms with Gasteiger partial charge in [0.05, 0.1) is 0 Å². The standard InChI is InChI=1S/C14H19NO4/c1-9(2)13(14(16)17)15(3)7-10-4-5-11-12(6-10)19-8-18-11/h4-6,9,13H,7-8H2,1-3H3,(H,16,17). The minimum atomic E-state index is -0.793. The molecule has 5 heteroatoms. The number of carbonyl (C=O) groups is 1. The first kappa shape index (κ1) is 13.7. The molecule has 19 heavy (non-hydrogen) atoms. The van der Waals surface area contributed by atoms with Crippen molar-refractivity contribution in [1.29, 1.82) is 0 Å². The molecule has 1 heterocycles. The molecule has 1 N–H and O–H groups in total. The van der Waals surface area contributed by atoms with Crippen LogP contribution in [0.15, 0.2) is 18.2 Å². The highest BCUT2D eigenvalue weighted by Gasteiger charge is 2.26. The van der Waals surface area contributed by atoms with Gasteiger partial charge in [-0.2, -0.15) is 0 Å². The van der Waals surface area contributed by atoms with Crippen LogP contribution in [-0.2, 0) is 11.3 Å². The van der Waals surface area contributed by atoms with E-state index in [0.29, 0.717) is 6.54 Å². The summed E-state index contributed by atoms with van der Waals surface area (Å²) in [5.41, 5.74) is 1.01. The predicted octanol–water partition coefficient (Wildman–Crippen LogP) is 1.96. The SMILES string of the molecule is CC(C)C(C(=O)O)N(C)Cc1ccc2c(c1)OCO2. The third-order valence-corrected chi connectivity index (χ3v) is 3.23. The average molecular weight is 265 g/mol. The van der Waals surface area contributed by atoms with Crippen LogP contribution in [-0.4, -0.2) is 35.9 Å². The van der Waals surface area contributed by atoms with Crippen LogP contribution < -0.4 is 9.47 Å². The molecule has 0 spiro atoms. The van der Waals surface area contributed by atoms with Crippen molar-refractivity contribution in [2.24, 2.45) is 5.92 Å². The van der Waals surface area contributed by atoms with E-state index < -0.39 is 12.0 Å². The van der Waals surface area contributed by atoms with Crippen molar-refractivity contribution in [3.63, 3.8) is 0 Å². The molecule has 0 saturated heterocycles. The highest BCUT2D eigenvalue weighted by atomic mass is 16.7. The quantitative estimate of drug-likeness (QED) is 0.882. The fourth-order valence-electron chi connectivity index (χ4n) is 2.41. The zero-order valence-corrected chi connectivity index (χ0v) is 11.4. The zero-order valence-electron chi connectivity index (χ0n) is 11.4. The van der Waals surface area contributed by atoms with Gasteiger partial charge < -0.3 is 14.6 Å². The van der Waals surface area contributed by atoms with E-state index in [1.807, 2.05) is 44.0 Å². The summed E-state index contributed by atoms with van der Waals surface area (Å²) in [6.45, 7) is 4.63. The first-order valence-corrected chi connectivity index (χ1v) is 6.30. The number of fused-ring (bicyclic) bond motifs is 1. The molecule has 0 amide bonds. The van der Waals surface area contributed by atoms with Gasteiger partial charge in [-0.25, -0.2) is 0 Å². The molecular weight excluding hydrogens is 246 g/mol. The van der Waals surface area contributed by atoms with Crippen LogP contribution in [0.3, 0.4) is 0 Å². The van der Waals surface area contributed by atoms with Crippen molar-refractivity contribution in [2.75, 3.05) is 13.8 Å². The third-order valence-electron chi connectivity index (χ3n) is 3.23. The van der Waals surface area contributed by atoms with E-state index in [4.69, 9.17) is 9.47 Å². The fourth-order valence-corrected chi connectivity index (χ4v) is 2.41. The Labute approximate surface area is 112 Å². The molecule has 1 unspecified atom stereocenters. The van der Waals surface area contributed by atoms with Gasteiger partial charge in [0.15, 0.2) is 11.5 Å². The Morgan fingerprint density at radius 3 is 2.68 bits per heavy atom. The Bertz CT molecular complexity index is 473. The predicted molar refractivity (Wildman–Crippen MR) is 70.3 cm³/mol. The van der Waals surface area contributed by atoms with Gasteiger partial charge in [-0.1, -0.05) is 19.9 Å². The van der Waals surface area contributed by atoms with Crippen LogP contribution in [0.25, 0.3) is 0 Å². The molecule has 1 atom stereocenters. The molecule has 0 saturated carbocycles. The topological polar surface area (TPSA) is 59.0 Å². The highest BCUT2D eigenvalue weighted by molar-refractivity contribution is 5.73. The number of rotatable bonds is 5. The van der Waals surface area contributed by atoms with Gasteiger partial charge in [0.2, 0.25) is 6.79 Å². The van der Waals surface area contributed by atoms with Gasteiger partial charge in [0.1, 0.15) is 6.04 Å². The summed E-state index contributed by atoms with van der Waals surface area (Å²) >= 11 is 0. The zero-order chi connectivity index (χ0) is 14.0. The lowest BCUT2D eigenvalue weighted by atomic mass is 10.0. The monoisotopic (exact) mass is 265 g/mol. The van der Waals surface area contributed by atoms with E-state index >= 15 is 0 Å². The van der Waals surface area contributed by atoms with Crippen LogP contribution in [0.1, 0.15) is 19.4 Å². The molecule has 0 aliphatic carbocycles. The van der Waals surface area contributed by atoms with Crippen molar-refractivity contribution in [1.82, 2.24) is 4.90 Å². The molecule has 0 aromatic heterocycles. The second-order valence-corrected chi connectivity index (χ2v) is 5.13. The molecule has 5 nitrogen and oxygen atoms in total. The first-order valence-electron chi connectivity index (χ1n) is 6.30. The third kappa shape index (κ3) is 2.98. The summed E-state index contributed by atoms with van der Waals surface area (Å²) in [6, 6.07) is 5.20. The number of aliphatic carboxylic acids is 1. The van der Waals surface area contributed by atoms with Crippen molar-refractivity contribution in [3.05, 3.63) is 23.8 Å². The summed E-state index contributed by atoms with van der Waals surface area (Å²) in [7, 11) is 1.82. The maximum Gasteiger partial charge on any atom is 0.321 e. The smallest absolute Gasteiger partial charge is 0.321 e.